The van der Waals surface area contributed by atoms with Crippen molar-refractivity contribution < 1.29 is 34.2 Å². The van der Waals surface area contributed by atoms with Gasteiger partial charge in [0.25, 0.3) is 0 Å². The molecule has 3 aliphatic rings. The summed E-state index contributed by atoms with van der Waals surface area (Å²) in [5.74, 6) is -10.6. The summed E-state index contributed by atoms with van der Waals surface area (Å²) in [6, 6.07) is 3.82. The quantitative estimate of drug-likeness (QED) is 0.495. The highest BCUT2D eigenvalue weighted by Crippen LogP contribution is 2.51. The zero-order chi connectivity index (χ0) is 27.0. The third kappa shape index (κ3) is 3.39. The number of pyridine rings is 1. The zero-order valence-electron chi connectivity index (χ0n) is 20.6. The molecule has 10 nitrogen and oxygen atoms in total. The van der Waals surface area contributed by atoms with Gasteiger partial charge in [0.05, 0.1) is 17.5 Å². The van der Waals surface area contributed by atoms with Gasteiger partial charge in [0.2, 0.25) is 5.91 Å². The lowest BCUT2D eigenvalue weighted by Crippen LogP contribution is -2.74. The number of carbonyl (C=O) groups is 5. The summed E-state index contributed by atoms with van der Waals surface area (Å²) < 4.78 is 0. The number of hydrogen-bond acceptors (Lipinski definition) is 9. The average Bonchev–Trinajstić information content (AvgIpc) is 2.81. The average molecular weight is 506 g/mol. The van der Waals surface area contributed by atoms with Crippen molar-refractivity contribution in [3.8, 4) is 16.9 Å². The highest BCUT2D eigenvalue weighted by atomic mass is 16.3. The van der Waals surface area contributed by atoms with Gasteiger partial charge in [-0.15, -0.1) is 0 Å². The molecule has 2 saturated carbocycles. The van der Waals surface area contributed by atoms with Crippen LogP contribution in [0.5, 0.6) is 5.75 Å². The Morgan fingerprint density at radius 2 is 1.84 bits per heavy atom. The van der Waals surface area contributed by atoms with Crippen molar-refractivity contribution in [1.29, 1.82) is 0 Å². The second kappa shape index (κ2) is 8.39. The maximum absolute atomic E-state index is 13.8. The maximum atomic E-state index is 13.8. The lowest BCUT2D eigenvalue weighted by molar-refractivity contribution is -0.181. The van der Waals surface area contributed by atoms with Crippen LogP contribution in [0, 0.1) is 30.6 Å². The van der Waals surface area contributed by atoms with Crippen LogP contribution < -0.4 is 5.73 Å². The van der Waals surface area contributed by atoms with Gasteiger partial charge >= 0.3 is 0 Å². The van der Waals surface area contributed by atoms with Crippen molar-refractivity contribution in [2.24, 2.45) is 29.4 Å². The molecule has 3 aliphatic carbocycles. The molecule has 1 heterocycles. The van der Waals surface area contributed by atoms with Gasteiger partial charge in [0, 0.05) is 23.9 Å². The SMILES string of the molecule is Cc1cncc(-c2ccc(O)c3c2C[C@H]2C[C@H]4[C@H](N(C)C)C(=O)C(C(N)=O)C(=O)[C@@]4(O)C(=O)C2C3=O)c1. The van der Waals surface area contributed by atoms with Crippen LogP contribution in [0.1, 0.15) is 27.9 Å². The molecule has 6 atom stereocenters. The Bertz CT molecular complexity index is 1400. The molecule has 1 aromatic carbocycles. The number of primary amides is 1. The number of aliphatic hydroxyl groups is 1. The molecule has 192 valence electrons. The van der Waals surface area contributed by atoms with E-state index in [-0.39, 0.29) is 24.2 Å². The highest BCUT2D eigenvalue weighted by Gasteiger charge is 2.69. The monoisotopic (exact) mass is 505 g/mol. The molecule has 37 heavy (non-hydrogen) atoms. The standard InChI is InChI=1S/C27H27N3O7/c1-11-6-13(10-29-9-11)14-4-5-17(31)19-15(14)7-12-8-16-21(30(2)3)23(33)20(26(28)36)25(35)27(16,37)24(34)18(12)22(19)32/h4-6,9-10,12,16,18,20-21,31,37H,7-8H2,1-3H3,(H2,28,36)/t12-,16-,18?,20?,21-,27-/m0/s1. The van der Waals surface area contributed by atoms with E-state index >= 15 is 0 Å². The van der Waals surface area contributed by atoms with Crippen LogP contribution >= 0.6 is 0 Å². The van der Waals surface area contributed by atoms with Crippen molar-refractivity contribution in [2.45, 2.75) is 31.4 Å². The molecule has 0 spiro atoms. The fourth-order valence-electron chi connectivity index (χ4n) is 6.58. The van der Waals surface area contributed by atoms with Crippen molar-refractivity contribution >= 4 is 29.0 Å². The molecular formula is C27H27N3O7. The lowest BCUT2D eigenvalue weighted by atomic mass is 9.52. The van der Waals surface area contributed by atoms with Gasteiger partial charge in [-0.1, -0.05) is 6.07 Å². The van der Waals surface area contributed by atoms with E-state index in [1.54, 1.807) is 32.6 Å². The van der Waals surface area contributed by atoms with Crippen LogP contribution in [-0.2, 0) is 25.6 Å². The molecule has 5 rings (SSSR count). The number of benzene rings is 1. The number of hydrogen-bond donors (Lipinski definition) is 3. The molecule has 0 radical (unpaired) electrons. The molecular weight excluding hydrogens is 478 g/mol. The Balaban J connectivity index is 1.67. The number of fused-ring (bicyclic) bond motifs is 3. The molecule has 0 aliphatic heterocycles. The number of carbonyl (C=O) groups excluding carboxylic acids is 5. The summed E-state index contributed by atoms with van der Waals surface area (Å²) in [4.78, 5) is 71.8. The Labute approximate surface area is 212 Å². The van der Waals surface area contributed by atoms with E-state index in [4.69, 9.17) is 5.73 Å². The van der Waals surface area contributed by atoms with Crippen LogP contribution in [0.3, 0.4) is 0 Å². The second-order valence-electron chi connectivity index (χ2n) is 10.5. The lowest BCUT2D eigenvalue weighted by Gasteiger charge is -2.52. The summed E-state index contributed by atoms with van der Waals surface area (Å²) in [5, 5.41) is 22.3. The van der Waals surface area contributed by atoms with Crippen molar-refractivity contribution in [3.05, 3.63) is 47.3 Å². The van der Waals surface area contributed by atoms with Crippen LogP contribution in [0.15, 0.2) is 30.6 Å². The van der Waals surface area contributed by atoms with E-state index in [1.165, 1.54) is 11.0 Å². The predicted molar refractivity (Wildman–Crippen MR) is 129 cm³/mol. The molecule has 0 saturated heterocycles. The number of likely N-dealkylation sites (N-methyl/N-ethyl adjacent to an activating group) is 1. The third-order valence-electron chi connectivity index (χ3n) is 8.13. The largest absolute Gasteiger partial charge is 0.507 e. The first-order chi connectivity index (χ1) is 17.4. The number of phenols is 1. The smallest absolute Gasteiger partial charge is 0.235 e. The number of amides is 1. The summed E-state index contributed by atoms with van der Waals surface area (Å²) in [7, 11) is 3.10. The van der Waals surface area contributed by atoms with Crippen LogP contribution in [0.4, 0.5) is 0 Å². The Morgan fingerprint density at radius 3 is 2.46 bits per heavy atom. The fraction of sp³-hybridized carbons (Fsp3) is 0.407. The van der Waals surface area contributed by atoms with Gasteiger partial charge in [-0.05, 0) is 68.6 Å². The van der Waals surface area contributed by atoms with Crippen LogP contribution in [-0.4, -0.2) is 74.9 Å². The number of aromatic hydroxyl groups is 1. The molecule has 1 amide bonds. The first-order valence-electron chi connectivity index (χ1n) is 12.0. The Hall–Kier alpha value is -3.76. The van der Waals surface area contributed by atoms with Crippen LogP contribution in [0.2, 0.25) is 0 Å². The van der Waals surface area contributed by atoms with Gasteiger partial charge in [-0.2, -0.15) is 0 Å². The van der Waals surface area contributed by atoms with E-state index in [2.05, 4.69) is 4.98 Å². The summed E-state index contributed by atoms with van der Waals surface area (Å²) >= 11 is 0. The number of phenolic OH excluding ortho intramolecular Hbond substituents is 1. The van der Waals surface area contributed by atoms with Gasteiger partial charge in [-0.3, -0.25) is 33.9 Å². The Morgan fingerprint density at radius 1 is 1.14 bits per heavy atom. The molecule has 2 unspecified atom stereocenters. The van der Waals surface area contributed by atoms with Crippen molar-refractivity contribution in [2.75, 3.05) is 14.1 Å². The summed E-state index contributed by atoms with van der Waals surface area (Å²) in [5.41, 5.74) is 5.42. The van der Waals surface area contributed by atoms with E-state index in [0.717, 1.165) is 11.1 Å². The number of aryl methyl sites for hydroxylation is 1. The van der Waals surface area contributed by atoms with Crippen molar-refractivity contribution in [3.63, 3.8) is 0 Å². The Kier molecular flexibility index (Phi) is 5.65. The number of Topliss-reactive ketones (excluding diaryl/α,β-unsaturated/α-hetero) is 4. The topological polar surface area (TPSA) is 168 Å². The first kappa shape index (κ1) is 24.9. The van der Waals surface area contributed by atoms with E-state index in [9.17, 15) is 34.2 Å². The van der Waals surface area contributed by atoms with Gasteiger partial charge in [0.15, 0.2) is 34.7 Å². The number of nitrogens with zero attached hydrogens (tertiary/aromatic N) is 2. The van der Waals surface area contributed by atoms with E-state index in [0.29, 0.717) is 11.1 Å². The molecule has 0 bridgehead atoms. The van der Waals surface area contributed by atoms with E-state index < -0.39 is 64.4 Å². The number of rotatable bonds is 3. The van der Waals surface area contributed by atoms with Crippen molar-refractivity contribution in [1.82, 2.24) is 9.88 Å². The minimum absolute atomic E-state index is 0.00502. The summed E-state index contributed by atoms with van der Waals surface area (Å²) in [6.07, 6.45) is 3.54. The molecule has 10 heteroatoms. The number of nitrogens with two attached hydrogens (primary N) is 1. The third-order valence-corrected chi connectivity index (χ3v) is 8.13. The number of ketones is 4. The molecule has 4 N–H and O–H groups in total. The maximum Gasteiger partial charge on any atom is 0.235 e. The van der Waals surface area contributed by atoms with Gasteiger partial charge in [0.1, 0.15) is 5.75 Å². The fourth-order valence-corrected chi connectivity index (χ4v) is 6.58. The minimum atomic E-state index is -2.73. The highest BCUT2D eigenvalue weighted by molar-refractivity contribution is 6.32. The predicted octanol–water partition coefficient (Wildman–Crippen LogP) is 0.237. The van der Waals surface area contributed by atoms with Gasteiger partial charge in [-0.25, -0.2) is 0 Å². The zero-order valence-corrected chi connectivity index (χ0v) is 20.6. The molecule has 2 fully saturated rings. The normalized spacial score (nSPS) is 31.1. The van der Waals surface area contributed by atoms with Crippen LogP contribution in [0.25, 0.3) is 11.1 Å². The minimum Gasteiger partial charge on any atom is -0.507 e. The summed E-state index contributed by atoms with van der Waals surface area (Å²) in [6.45, 7) is 1.88. The molecule has 1 aromatic heterocycles. The number of aromatic nitrogens is 1. The van der Waals surface area contributed by atoms with E-state index in [1.807, 2.05) is 13.0 Å². The first-order valence-corrected chi connectivity index (χ1v) is 12.0. The molecule has 2 aromatic rings. The van der Waals surface area contributed by atoms with Gasteiger partial charge < -0.3 is 15.9 Å². The second-order valence-corrected chi connectivity index (χ2v) is 10.5.